The predicted octanol–water partition coefficient (Wildman–Crippen LogP) is 3.08. The van der Waals surface area contributed by atoms with Crippen LogP contribution in [-0.2, 0) is 6.54 Å². The Labute approximate surface area is 169 Å². The van der Waals surface area contributed by atoms with E-state index in [9.17, 15) is 4.79 Å². The second kappa shape index (κ2) is 6.32. The van der Waals surface area contributed by atoms with E-state index in [1.165, 1.54) is 25.9 Å². The van der Waals surface area contributed by atoms with Crippen LogP contribution in [0.3, 0.4) is 0 Å². The van der Waals surface area contributed by atoms with Gasteiger partial charge in [0.1, 0.15) is 5.75 Å². The van der Waals surface area contributed by atoms with Gasteiger partial charge in [-0.2, -0.15) is 5.10 Å². The third kappa shape index (κ3) is 2.52. The lowest BCUT2D eigenvalue weighted by molar-refractivity contribution is 0.00364. The molecule has 0 spiro atoms. The average Bonchev–Trinajstić information content (AvgIpc) is 3.16. The molecule has 29 heavy (non-hydrogen) atoms. The van der Waals surface area contributed by atoms with Crippen LogP contribution in [0, 0.1) is 5.92 Å². The topological polar surface area (TPSA) is 50.6 Å². The van der Waals surface area contributed by atoms with Crippen LogP contribution in [-0.4, -0.2) is 58.3 Å². The van der Waals surface area contributed by atoms with Gasteiger partial charge in [-0.3, -0.25) is 4.79 Å². The number of amides is 1. The number of carbonyl (C=O) groups excluding carboxylic acids is 1. The first-order valence-electron chi connectivity index (χ1n) is 10.4. The van der Waals surface area contributed by atoms with Crippen molar-refractivity contribution in [1.29, 1.82) is 0 Å². The van der Waals surface area contributed by atoms with Gasteiger partial charge in [0.05, 0.1) is 36.1 Å². The van der Waals surface area contributed by atoms with Crippen LogP contribution in [0.4, 0.5) is 0 Å². The Morgan fingerprint density at radius 3 is 2.55 bits per heavy atom. The molecule has 3 aromatic rings. The summed E-state index contributed by atoms with van der Waals surface area (Å²) in [5.74, 6) is 1.60. The first-order valence-corrected chi connectivity index (χ1v) is 10.4. The molecule has 4 aliphatic rings. The third-order valence-electron chi connectivity index (χ3n) is 6.93. The fraction of sp³-hybridized carbons (Fsp3) is 0.391. The molecule has 0 radical (unpaired) electrons. The lowest BCUT2D eigenvalue weighted by Gasteiger charge is -2.49. The Kier molecular flexibility index (Phi) is 3.71. The van der Waals surface area contributed by atoms with Crippen molar-refractivity contribution in [2.45, 2.75) is 25.4 Å². The fourth-order valence-electron chi connectivity index (χ4n) is 5.40. The second-order valence-corrected chi connectivity index (χ2v) is 8.39. The largest absolute Gasteiger partial charge is 0.497 e. The highest BCUT2D eigenvalue weighted by atomic mass is 16.5. The number of nitrogens with zero attached hydrogens (tertiary/aromatic N) is 4. The molecule has 1 amide bonds. The van der Waals surface area contributed by atoms with Gasteiger partial charge in [-0.15, -0.1) is 0 Å². The van der Waals surface area contributed by atoms with Gasteiger partial charge in [0.15, 0.2) is 0 Å². The molecule has 2 bridgehead atoms. The molecule has 6 heteroatoms. The minimum Gasteiger partial charge on any atom is -0.497 e. The summed E-state index contributed by atoms with van der Waals surface area (Å²) in [5, 5.41) is 5.96. The van der Waals surface area contributed by atoms with Crippen molar-refractivity contribution in [2.75, 3.05) is 26.7 Å². The summed E-state index contributed by atoms with van der Waals surface area (Å²) >= 11 is 0. The Bertz CT molecular complexity index is 1100. The van der Waals surface area contributed by atoms with E-state index >= 15 is 0 Å². The van der Waals surface area contributed by atoms with Crippen molar-refractivity contribution in [3.8, 4) is 11.4 Å². The normalized spacial score (nSPS) is 25.6. The maximum atomic E-state index is 13.5. The van der Waals surface area contributed by atoms with Crippen molar-refractivity contribution in [1.82, 2.24) is 19.6 Å². The minimum absolute atomic E-state index is 0.163. The first kappa shape index (κ1) is 17.0. The molecule has 3 saturated heterocycles. The van der Waals surface area contributed by atoms with Gasteiger partial charge in [-0.05, 0) is 68.2 Å². The van der Waals surface area contributed by atoms with E-state index in [2.05, 4.69) is 15.9 Å². The maximum Gasteiger partial charge on any atom is 0.255 e. The zero-order chi connectivity index (χ0) is 19.5. The molecule has 2 aromatic carbocycles. The fourth-order valence-corrected chi connectivity index (χ4v) is 5.40. The lowest BCUT2D eigenvalue weighted by Crippen LogP contribution is -2.59. The number of rotatable bonds is 3. The highest BCUT2D eigenvalue weighted by Gasteiger charge is 2.42. The number of benzene rings is 2. The summed E-state index contributed by atoms with van der Waals surface area (Å²) in [4.78, 5) is 18.1. The number of fused-ring (bicyclic) bond motifs is 3. The summed E-state index contributed by atoms with van der Waals surface area (Å²) in [7, 11) is 1.67. The molecule has 1 unspecified atom stereocenters. The number of hydrogen-bond donors (Lipinski definition) is 0. The molecule has 7 rings (SSSR count). The monoisotopic (exact) mass is 388 g/mol. The summed E-state index contributed by atoms with van der Waals surface area (Å²) in [5.41, 5.74) is 3.76. The predicted molar refractivity (Wildman–Crippen MR) is 110 cm³/mol. The van der Waals surface area contributed by atoms with Crippen LogP contribution in [0.1, 0.15) is 28.9 Å². The van der Waals surface area contributed by atoms with Gasteiger partial charge in [0.2, 0.25) is 0 Å². The van der Waals surface area contributed by atoms with Crippen molar-refractivity contribution >= 4 is 16.8 Å². The van der Waals surface area contributed by atoms with Crippen LogP contribution < -0.4 is 4.74 Å². The highest BCUT2D eigenvalue weighted by Crippen LogP contribution is 2.37. The van der Waals surface area contributed by atoms with Crippen LogP contribution in [0.15, 0.2) is 42.5 Å². The van der Waals surface area contributed by atoms with Crippen molar-refractivity contribution in [3.05, 3.63) is 53.7 Å². The molecule has 1 aromatic heterocycles. The van der Waals surface area contributed by atoms with Gasteiger partial charge < -0.3 is 14.5 Å². The van der Waals surface area contributed by atoms with Gasteiger partial charge in [-0.25, -0.2) is 4.68 Å². The van der Waals surface area contributed by atoms with Crippen molar-refractivity contribution in [2.24, 2.45) is 5.92 Å². The smallest absolute Gasteiger partial charge is 0.255 e. The molecule has 0 saturated carbocycles. The van der Waals surface area contributed by atoms with Crippen molar-refractivity contribution in [3.63, 3.8) is 0 Å². The Morgan fingerprint density at radius 2 is 1.86 bits per heavy atom. The molecule has 4 aliphatic heterocycles. The Balaban J connectivity index is 1.43. The molecule has 1 atom stereocenters. The molecule has 6 nitrogen and oxygen atoms in total. The molecular weight excluding hydrogens is 364 g/mol. The van der Waals surface area contributed by atoms with Gasteiger partial charge in [-0.1, -0.05) is 6.07 Å². The number of ether oxygens (including phenoxy) is 1. The zero-order valence-electron chi connectivity index (χ0n) is 16.5. The standard InChI is InChI=1S/C23H24N4O2/c1-29-17-7-5-16(6-8-17)27-20-4-2-3-18-22(20)19(24-27)13-26(23(18)28)21-14-25-11-9-15(21)10-12-25/h2-8,15,21H,9-14H2,1H3. The van der Waals surface area contributed by atoms with E-state index in [-0.39, 0.29) is 5.91 Å². The van der Waals surface area contributed by atoms with E-state index in [4.69, 9.17) is 9.84 Å². The van der Waals surface area contributed by atoms with Gasteiger partial charge in [0, 0.05) is 18.0 Å². The van der Waals surface area contributed by atoms with E-state index in [0.717, 1.165) is 40.1 Å². The van der Waals surface area contributed by atoms with E-state index in [1.54, 1.807) is 7.11 Å². The molecule has 148 valence electrons. The van der Waals surface area contributed by atoms with E-state index in [0.29, 0.717) is 18.5 Å². The van der Waals surface area contributed by atoms with E-state index in [1.807, 2.05) is 41.1 Å². The number of hydrogen-bond acceptors (Lipinski definition) is 4. The SMILES string of the molecule is COc1ccc(-n2nc3c4c(cccc42)C(=O)N(C2CN4CCC2CC4)C3)cc1. The van der Waals surface area contributed by atoms with Gasteiger partial charge in [0.25, 0.3) is 5.91 Å². The first-order chi connectivity index (χ1) is 14.2. The molecule has 0 N–H and O–H groups in total. The van der Waals surface area contributed by atoms with Crippen LogP contribution in [0.25, 0.3) is 16.6 Å². The van der Waals surface area contributed by atoms with Crippen molar-refractivity contribution < 1.29 is 9.53 Å². The lowest BCUT2D eigenvalue weighted by atomic mass is 9.82. The molecular formula is C23H24N4O2. The van der Waals surface area contributed by atoms with Crippen LogP contribution >= 0.6 is 0 Å². The second-order valence-electron chi connectivity index (χ2n) is 8.39. The maximum absolute atomic E-state index is 13.5. The highest BCUT2D eigenvalue weighted by molar-refractivity contribution is 6.09. The molecule has 5 heterocycles. The third-order valence-corrected chi connectivity index (χ3v) is 6.93. The summed E-state index contributed by atoms with van der Waals surface area (Å²) in [6.07, 6.45) is 2.40. The number of piperidine rings is 3. The Hall–Kier alpha value is -2.86. The summed E-state index contributed by atoms with van der Waals surface area (Å²) in [6.45, 7) is 3.96. The number of methoxy groups -OCH3 is 1. The summed E-state index contributed by atoms with van der Waals surface area (Å²) < 4.78 is 7.24. The number of aromatic nitrogens is 2. The van der Waals surface area contributed by atoms with Crippen LogP contribution in [0.2, 0.25) is 0 Å². The molecule has 3 fully saturated rings. The zero-order valence-corrected chi connectivity index (χ0v) is 16.5. The minimum atomic E-state index is 0.163. The van der Waals surface area contributed by atoms with Crippen LogP contribution in [0.5, 0.6) is 5.75 Å². The number of carbonyl (C=O) groups is 1. The average molecular weight is 388 g/mol. The molecule has 0 aliphatic carbocycles. The Morgan fingerprint density at radius 1 is 1.07 bits per heavy atom. The van der Waals surface area contributed by atoms with Gasteiger partial charge >= 0.3 is 0 Å². The quantitative estimate of drug-likeness (QED) is 0.692. The summed E-state index contributed by atoms with van der Waals surface area (Å²) in [6, 6.07) is 14.2. The van der Waals surface area contributed by atoms with E-state index < -0.39 is 0 Å².